The summed E-state index contributed by atoms with van der Waals surface area (Å²) in [6, 6.07) is 11.4. The second kappa shape index (κ2) is 8.68. The van der Waals surface area contributed by atoms with Crippen LogP contribution in [0.3, 0.4) is 0 Å². The van der Waals surface area contributed by atoms with Crippen molar-refractivity contribution in [3.63, 3.8) is 0 Å². The minimum atomic E-state index is -0.206. The second-order valence-electron chi connectivity index (χ2n) is 6.78. The maximum Gasteiger partial charge on any atom is 0.349 e. The largest absolute Gasteiger partial charge is 0.349 e. The molecule has 28 heavy (non-hydrogen) atoms. The Kier molecular flexibility index (Phi) is 6.04. The van der Waals surface area contributed by atoms with Crippen molar-refractivity contribution in [1.82, 2.24) is 14.5 Å². The molecule has 0 bridgehead atoms. The minimum absolute atomic E-state index is 0.206. The zero-order valence-corrected chi connectivity index (χ0v) is 17.5. The van der Waals surface area contributed by atoms with Crippen molar-refractivity contribution in [3.05, 3.63) is 85.6 Å². The summed E-state index contributed by atoms with van der Waals surface area (Å²) in [7, 11) is 0. The number of rotatable bonds is 5. The van der Waals surface area contributed by atoms with Gasteiger partial charge in [0, 0.05) is 23.2 Å². The van der Waals surface area contributed by atoms with Gasteiger partial charge < -0.3 is 0 Å². The van der Waals surface area contributed by atoms with Crippen LogP contribution in [0.2, 0.25) is 10.0 Å². The van der Waals surface area contributed by atoms with Gasteiger partial charge in [-0.3, -0.25) is 9.55 Å². The first-order valence-corrected chi connectivity index (χ1v) is 10.9. The van der Waals surface area contributed by atoms with Crippen molar-refractivity contribution in [2.75, 3.05) is 0 Å². The summed E-state index contributed by atoms with van der Waals surface area (Å²) in [6.45, 7) is 0.465. The Morgan fingerprint density at radius 3 is 2.71 bits per heavy atom. The number of thioether (sulfide) groups is 1. The van der Waals surface area contributed by atoms with Crippen molar-refractivity contribution < 1.29 is 0 Å². The Morgan fingerprint density at radius 2 is 1.93 bits per heavy atom. The first-order chi connectivity index (χ1) is 13.6. The zero-order valence-electron chi connectivity index (χ0n) is 15.2. The van der Waals surface area contributed by atoms with Gasteiger partial charge in [-0.2, -0.15) is 4.98 Å². The monoisotopic (exact) mass is 431 g/mol. The van der Waals surface area contributed by atoms with E-state index in [1.54, 1.807) is 28.6 Å². The maximum atomic E-state index is 12.8. The Bertz CT molecular complexity index is 1050. The number of hydrogen-bond donors (Lipinski definition) is 0. The van der Waals surface area contributed by atoms with Crippen molar-refractivity contribution >= 4 is 35.0 Å². The zero-order chi connectivity index (χ0) is 19.5. The van der Waals surface area contributed by atoms with Crippen molar-refractivity contribution in [2.24, 2.45) is 0 Å². The first kappa shape index (κ1) is 19.5. The predicted octanol–water partition coefficient (Wildman–Crippen LogP) is 5.16. The van der Waals surface area contributed by atoms with Gasteiger partial charge in [-0.25, -0.2) is 4.79 Å². The third-order valence-corrected chi connectivity index (χ3v) is 6.68. The van der Waals surface area contributed by atoms with E-state index in [2.05, 4.69) is 9.97 Å². The van der Waals surface area contributed by atoms with E-state index >= 15 is 0 Å². The molecule has 2 heterocycles. The molecule has 0 fully saturated rings. The van der Waals surface area contributed by atoms with Gasteiger partial charge in [0.2, 0.25) is 0 Å². The van der Waals surface area contributed by atoms with Crippen LogP contribution in [0.5, 0.6) is 0 Å². The van der Waals surface area contributed by atoms with Crippen LogP contribution >= 0.6 is 35.0 Å². The minimum Gasteiger partial charge on any atom is -0.290 e. The Labute approximate surface area is 177 Å². The molecule has 1 aliphatic carbocycles. The summed E-state index contributed by atoms with van der Waals surface area (Å²) in [5.74, 6) is 0.694. The van der Waals surface area contributed by atoms with E-state index in [-0.39, 0.29) is 5.69 Å². The van der Waals surface area contributed by atoms with Gasteiger partial charge in [0.1, 0.15) is 5.03 Å². The maximum absolute atomic E-state index is 12.8. The highest BCUT2D eigenvalue weighted by atomic mass is 35.5. The SMILES string of the molecule is O=c1nc(SCc2ccc(Cl)c(Cl)c2)c2c(n1Cc1ccccn1)CCCC2. The number of nitrogens with zero attached hydrogens (tertiary/aromatic N) is 3. The normalized spacial score (nSPS) is 13.4. The summed E-state index contributed by atoms with van der Waals surface area (Å²) in [6.07, 6.45) is 5.82. The van der Waals surface area contributed by atoms with Crippen LogP contribution in [-0.4, -0.2) is 14.5 Å². The number of aromatic nitrogens is 3. The molecule has 7 heteroatoms. The summed E-state index contributed by atoms with van der Waals surface area (Å²) in [4.78, 5) is 21.6. The molecule has 1 aliphatic rings. The molecule has 4 nitrogen and oxygen atoms in total. The van der Waals surface area contributed by atoms with Gasteiger partial charge in [0.25, 0.3) is 0 Å². The van der Waals surface area contributed by atoms with Gasteiger partial charge >= 0.3 is 5.69 Å². The second-order valence-corrected chi connectivity index (χ2v) is 8.55. The van der Waals surface area contributed by atoms with Crippen LogP contribution in [-0.2, 0) is 25.1 Å². The van der Waals surface area contributed by atoms with Gasteiger partial charge in [-0.15, -0.1) is 11.8 Å². The van der Waals surface area contributed by atoms with Crippen molar-refractivity contribution in [2.45, 2.75) is 43.0 Å². The molecule has 0 spiro atoms. The number of halogens is 2. The molecule has 0 unspecified atom stereocenters. The molecule has 0 amide bonds. The van der Waals surface area contributed by atoms with Gasteiger partial charge in [-0.05, 0) is 55.5 Å². The van der Waals surface area contributed by atoms with Crippen LogP contribution in [0.15, 0.2) is 52.4 Å². The average Bonchev–Trinajstić information content (AvgIpc) is 2.72. The van der Waals surface area contributed by atoms with Crippen LogP contribution in [0.25, 0.3) is 0 Å². The van der Waals surface area contributed by atoms with E-state index < -0.39 is 0 Å². The predicted molar refractivity (Wildman–Crippen MR) is 115 cm³/mol. The van der Waals surface area contributed by atoms with E-state index in [9.17, 15) is 4.79 Å². The first-order valence-electron chi connectivity index (χ1n) is 9.21. The summed E-state index contributed by atoms with van der Waals surface area (Å²) in [5.41, 5.74) is 4.03. The molecule has 4 rings (SSSR count). The number of pyridine rings is 1. The third-order valence-electron chi connectivity index (χ3n) is 4.86. The fourth-order valence-corrected chi connectivity index (χ4v) is 4.81. The fourth-order valence-electron chi connectivity index (χ4n) is 3.47. The molecule has 1 aromatic carbocycles. The Balaban J connectivity index is 1.64. The smallest absolute Gasteiger partial charge is 0.290 e. The summed E-state index contributed by atoms with van der Waals surface area (Å²) >= 11 is 13.7. The topological polar surface area (TPSA) is 47.8 Å². The molecule has 0 radical (unpaired) electrons. The van der Waals surface area contributed by atoms with E-state index in [1.165, 1.54) is 5.56 Å². The molecule has 0 atom stereocenters. The van der Waals surface area contributed by atoms with Crippen LogP contribution in [0.1, 0.15) is 35.4 Å². The lowest BCUT2D eigenvalue weighted by Crippen LogP contribution is -2.30. The van der Waals surface area contributed by atoms with Gasteiger partial charge in [0.15, 0.2) is 0 Å². The van der Waals surface area contributed by atoms with Gasteiger partial charge in [-0.1, -0.05) is 35.3 Å². The van der Waals surface area contributed by atoms with E-state index in [0.717, 1.165) is 47.7 Å². The van der Waals surface area contributed by atoms with Gasteiger partial charge in [0.05, 0.1) is 22.3 Å². The Morgan fingerprint density at radius 1 is 1.07 bits per heavy atom. The lowest BCUT2D eigenvalue weighted by Gasteiger charge is -2.22. The number of benzene rings is 1. The third kappa shape index (κ3) is 4.27. The summed E-state index contributed by atoms with van der Waals surface area (Å²) in [5, 5.41) is 1.92. The van der Waals surface area contributed by atoms with Crippen molar-refractivity contribution in [1.29, 1.82) is 0 Å². The van der Waals surface area contributed by atoms with E-state index in [1.807, 2.05) is 30.3 Å². The highest BCUT2D eigenvalue weighted by molar-refractivity contribution is 7.98. The highest BCUT2D eigenvalue weighted by Crippen LogP contribution is 2.32. The van der Waals surface area contributed by atoms with Crippen LogP contribution in [0, 0.1) is 0 Å². The Hall–Kier alpha value is -1.82. The molecule has 144 valence electrons. The lowest BCUT2D eigenvalue weighted by atomic mass is 9.97. The molecule has 0 saturated heterocycles. The van der Waals surface area contributed by atoms with Crippen molar-refractivity contribution in [3.8, 4) is 0 Å². The number of fused-ring (bicyclic) bond motifs is 1. The molecule has 0 aliphatic heterocycles. The molecule has 0 N–H and O–H groups in total. The van der Waals surface area contributed by atoms with Crippen LogP contribution < -0.4 is 5.69 Å². The molecule has 0 saturated carbocycles. The fraction of sp³-hybridized carbons (Fsp3) is 0.286. The average molecular weight is 432 g/mol. The molecule has 3 aromatic rings. The number of hydrogen-bond acceptors (Lipinski definition) is 4. The van der Waals surface area contributed by atoms with E-state index in [0.29, 0.717) is 22.3 Å². The molecular formula is C21H19Cl2N3OS. The quantitative estimate of drug-likeness (QED) is 0.413. The highest BCUT2D eigenvalue weighted by Gasteiger charge is 2.21. The molecule has 2 aromatic heterocycles. The van der Waals surface area contributed by atoms with E-state index in [4.69, 9.17) is 23.2 Å². The van der Waals surface area contributed by atoms with Crippen LogP contribution in [0.4, 0.5) is 0 Å². The standard InChI is InChI=1S/C21H19Cl2N3OS/c22-17-9-8-14(11-18(17)23)13-28-20-16-6-1-2-7-19(16)26(21(27)25-20)12-15-5-3-4-10-24-15/h3-5,8-11H,1-2,6-7,12-13H2. The molecular weight excluding hydrogens is 413 g/mol. The lowest BCUT2D eigenvalue weighted by molar-refractivity contribution is 0.565. The summed E-state index contributed by atoms with van der Waals surface area (Å²) < 4.78 is 1.79.